The predicted molar refractivity (Wildman–Crippen MR) is 104 cm³/mol. The standard InChI is InChI=1S/C19H21N5S2/c1-3-20-4-2-15(1)17-23-24-16(21-22-18(24)26-17)11-25-19-8-12-5-13(9-19)7-14(6-12)10-19/h1-4,12-14H,5-11H2. The summed E-state index contributed by atoms with van der Waals surface area (Å²) in [6, 6.07) is 3.99. The summed E-state index contributed by atoms with van der Waals surface area (Å²) in [6.07, 6.45) is 12.4. The number of pyridine rings is 1. The van der Waals surface area contributed by atoms with Gasteiger partial charge in [0.15, 0.2) is 5.82 Å². The van der Waals surface area contributed by atoms with Gasteiger partial charge in [-0.3, -0.25) is 4.98 Å². The quantitative estimate of drug-likeness (QED) is 0.666. The molecule has 3 aromatic heterocycles. The highest BCUT2D eigenvalue weighted by molar-refractivity contribution is 7.99. The van der Waals surface area contributed by atoms with E-state index in [9.17, 15) is 0 Å². The lowest BCUT2D eigenvalue weighted by Gasteiger charge is -2.56. The lowest BCUT2D eigenvalue weighted by Crippen LogP contribution is -2.48. The van der Waals surface area contributed by atoms with Gasteiger partial charge in [-0.05, 0) is 68.4 Å². The van der Waals surface area contributed by atoms with E-state index in [2.05, 4.69) is 26.9 Å². The molecule has 4 aliphatic carbocycles. The van der Waals surface area contributed by atoms with E-state index in [0.717, 1.165) is 44.9 Å². The fourth-order valence-electron chi connectivity index (χ4n) is 5.78. The zero-order chi connectivity index (χ0) is 17.1. The Balaban J connectivity index is 1.25. The van der Waals surface area contributed by atoms with E-state index in [1.165, 1.54) is 38.5 Å². The Kier molecular flexibility index (Phi) is 3.45. The van der Waals surface area contributed by atoms with Crippen molar-refractivity contribution in [3.8, 4) is 10.6 Å². The molecular formula is C19H21N5S2. The maximum atomic E-state index is 4.78. The van der Waals surface area contributed by atoms with E-state index in [-0.39, 0.29) is 0 Å². The van der Waals surface area contributed by atoms with Crippen molar-refractivity contribution in [2.45, 2.75) is 49.0 Å². The largest absolute Gasteiger partial charge is 0.265 e. The van der Waals surface area contributed by atoms with E-state index in [0.29, 0.717) is 4.75 Å². The molecule has 0 N–H and O–H groups in total. The molecule has 5 nitrogen and oxygen atoms in total. The number of nitrogens with zero attached hydrogens (tertiary/aromatic N) is 5. The number of rotatable bonds is 4. The van der Waals surface area contributed by atoms with Crippen LogP contribution in [0.4, 0.5) is 0 Å². The van der Waals surface area contributed by atoms with Crippen LogP contribution in [-0.4, -0.2) is 29.5 Å². The topological polar surface area (TPSA) is 56.0 Å². The molecule has 7 heteroatoms. The van der Waals surface area contributed by atoms with Gasteiger partial charge >= 0.3 is 0 Å². The average molecular weight is 384 g/mol. The van der Waals surface area contributed by atoms with Gasteiger partial charge in [0.05, 0.1) is 5.75 Å². The molecule has 0 unspecified atom stereocenters. The van der Waals surface area contributed by atoms with Gasteiger partial charge in [-0.15, -0.1) is 22.0 Å². The molecule has 4 bridgehead atoms. The summed E-state index contributed by atoms with van der Waals surface area (Å²) in [7, 11) is 0. The fraction of sp³-hybridized carbons (Fsp3) is 0.579. The van der Waals surface area contributed by atoms with Crippen molar-refractivity contribution in [1.82, 2.24) is 24.8 Å². The van der Waals surface area contributed by atoms with Crippen LogP contribution in [0.3, 0.4) is 0 Å². The molecule has 0 amide bonds. The van der Waals surface area contributed by atoms with Crippen LogP contribution in [0.25, 0.3) is 15.5 Å². The van der Waals surface area contributed by atoms with Crippen LogP contribution in [0.15, 0.2) is 24.5 Å². The monoisotopic (exact) mass is 383 g/mol. The van der Waals surface area contributed by atoms with Crippen LogP contribution in [0, 0.1) is 17.8 Å². The molecule has 3 heterocycles. The lowest BCUT2D eigenvalue weighted by atomic mass is 9.56. The van der Waals surface area contributed by atoms with E-state index in [4.69, 9.17) is 5.10 Å². The molecular weight excluding hydrogens is 362 g/mol. The number of thioether (sulfide) groups is 1. The highest BCUT2D eigenvalue weighted by atomic mass is 32.2. The second-order valence-corrected chi connectivity index (χ2v) is 10.7. The smallest absolute Gasteiger partial charge is 0.235 e. The second kappa shape index (κ2) is 5.76. The van der Waals surface area contributed by atoms with Crippen LogP contribution in [0.1, 0.15) is 44.3 Å². The third kappa shape index (κ3) is 2.51. The normalized spacial score (nSPS) is 32.5. The third-order valence-electron chi connectivity index (χ3n) is 6.47. The van der Waals surface area contributed by atoms with E-state index >= 15 is 0 Å². The van der Waals surface area contributed by atoms with Crippen LogP contribution in [0.5, 0.6) is 0 Å². The first-order valence-electron chi connectivity index (χ1n) is 9.52. The Bertz CT molecular complexity index is 912. The second-order valence-electron chi connectivity index (χ2n) is 8.34. The van der Waals surface area contributed by atoms with E-state index < -0.39 is 0 Å². The Morgan fingerprint density at radius 3 is 2.42 bits per heavy atom. The minimum absolute atomic E-state index is 0.504. The zero-order valence-electron chi connectivity index (χ0n) is 14.5. The maximum Gasteiger partial charge on any atom is 0.235 e. The summed E-state index contributed by atoms with van der Waals surface area (Å²) in [5.74, 6) is 4.89. The molecule has 3 aromatic rings. The highest BCUT2D eigenvalue weighted by Gasteiger charge is 2.51. The van der Waals surface area contributed by atoms with Crippen molar-refractivity contribution in [1.29, 1.82) is 0 Å². The van der Waals surface area contributed by atoms with Gasteiger partial charge in [-0.1, -0.05) is 11.3 Å². The van der Waals surface area contributed by atoms with E-state index in [1.807, 2.05) is 29.0 Å². The van der Waals surface area contributed by atoms with Crippen molar-refractivity contribution in [2.75, 3.05) is 0 Å². The van der Waals surface area contributed by atoms with Gasteiger partial charge in [0.2, 0.25) is 4.96 Å². The highest BCUT2D eigenvalue weighted by Crippen LogP contribution is 2.61. The Morgan fingerprint density at radius 2 is 1.73 bits per heavy atom. The van der Waals surface area contributed by atoms with E-state index in [1.54, 1.807) is 11.3 Å². The summed E-state index contributed by atoms with van der Waals surface area (Å²) in [5, 5.41) is 14.6. The molecule has 0 radical (unpaired) electrons. The van der Waals surface area contributed by atoms with Crippen LogP contribution < -0.4 is 0 Å². The SMILES string of the molecule is c1cc(-c2nn3c(CSC45CC6CC(CC(C6)C4)C5)nnc3s2)ccn1. The molecule has 7 rings (SSSR count). The summed E-state index contributed by atoms with van der Waals surface area (Å²) in [6.45, 7) is 0. The molecule has 0 saturated heterocycles. The molecule has 4 aliphatic rings. The van der Waals surface area contributed by atoms with Gasteiger partial charge in [-0.25, -0.2) is 0 Å². The summed E-state index contributed by atoms with van der Waals surface area (Å²) in [4.78, 5) is 4.98. The average Bonchev–Trinajstić information content (AvgIpc) is 3.21. The fourth-order valence-corrected chi connectivity index (χ4v) is 8.32. The number of aromatic nitrogens is 5. The summed E-state index contributed by atoms with van der Waals surface area (Å²) in [5.41, 5.74) is 1.09. The molecule has 0 spiro atoms. The van der Waals surface area contributed by atoms with Gasteiger partial charge in [-0.2, -0.15) is 9.61 Å². The molecule has 134 valence electrons. The number of hydrogen-bond acceptors (Lipinski definition) is 6. The van der Waals surface area contributed by atoms with Crippen LogP contribution in [-0.2, 0) is 5.75 Å². The Morgan fingerprint density at radius 1 is 1.04 bits per heavy atom. The summed E-state index contributed by atoms with van der Waals surface area (Å²) >= 11 is 3.74. The number of fused-ring (bicyclic) bond motifs is 1. The van der Waals surface area contributed by atoms with Crippen molar-refractivity contribution < 1.29 is 0 Å². The Hall–Kier alpha value is -1.47. The number of hydrogen-bond donors (Lipinski definition) is 0. The zero-order valence-corrected chi connectivity index (χ0v) is 16.2. The van der Waals surface area contributed by atoms with Gasteiger partial charge in [0, 0.05) is 22.7 Å². The molecule has 0 aromatic carbocycles. The first-order valence-corrected chi connectivity index (χ1v) is 11.3. The van der Waals surface area contributed by atoms with Crippen LogP contribution >= 0.6 is 23.1 Å². The predicted octanol–water partition coefficient (Wildman–Crippen LogP) is 4.45. The minimum atomic E-state index is 0.504. The van der Waals surface area contributed by atoms with Gasteiger partial charge in [0.1, 0.15) is 5.01 Å². The van der Waals surface area contributed by atoms with Gasteiger partial charge < -0.3 is 0 Å². The molecule has 4 fully saturated rings. The third-order valence-corrected chi connectivity index (χ3v) is 8.93. The first-order chi connectivity index (χ1) is 12.8. The first kappa shape index (κ1) is 15.6. The van der Waals surface area contributed by atoms with Crippen molar-refractivity contribution in [3.63, 3.8) is 0 Å². The molecule has 0 atom stereocenters. The minimum Gasteiger partial charge on any atom is -0.265 e. The van der Waals surface area contributed by atoms with Crippen LogP contribution in [0.2, 0.25) is 0 Å². The maximum absolute atomic E-state index is 4.78. The Labute approximate surface area is 160 Å². The molecule has 0 aliphatic heterocycles. The van der Waals surface area contributed by atoms with Crippen molar-refractivity contribution >= 4 is 28.1 Å². The lowest BCUT2D eigenvalue weighted by molar-refractivity contribution is 0.0383. The molecule has 4 saturated carbocycles. The van der Waals surface area contributed by atoms with Crippen molar-refractivity contribution in [3.05, 3.63) is 30.4 Å². The molecule has 26 heavy (non-hydrogen) atoms. The summed E-state index contributed by atoms with van der Waals surface area (Å²) < 4.78 is 2.46. The van der Waals surface area contributed by atoms with Gasteiger partial charge in [0.25, 0.3) is 0 Å². The van der Waals surface area contributed by atoms with Crippen molar-refractivity contribution in [2.24, 2.45) is 17.8 Å².